The third-order valence-electron chi connectivity index (χ3n) is 6.18. The van der Waals surface area contributed by atoms with Gasteiger partial charge in [-0.1, -0.05) is 30.2 Å². The van der Waals surface area contributed by atoms with E-state index in [4.69, 9.17) is 16.3 Å². The van der Waals surface area contributed by atoms with Crippen molar-refractivity contribution in [1.29, 1.82) is 0 Å². The van der Waals surface area contributed by atoms with Gasteiger partial charge in [0.05, 0.1) is 14.9 Å². The second-order valence-electron chi connectivity index (χ2n) is 7.52. The van der Waals surface area contributed by atoms with Crippen molar-refractivity contribution < 1.29 is 4.74 Å². The number of ether oxygens (including phenoxy) is 1. The SMILES string of the molecule is CN1C2CCCC1CC(N1c3ccccc3OC1c1ccc(Cl)s1)C2. The highest BCUT2D eigenvalue weighted by molar-refractivity contribution is 7.16. The van der Waals surface area contributed by atoms with Gasteiger partial charge in [0.2, 0.25) is 6.23 Å². The van der Waals surface area contributed by atoms with Gasteiger partial charge in [-0.3, -0.25) is 0 Å². The van der Waals surface area contributed by atoms with E-state index < -0.39 is 0 Å². The topological polar surface area (TPSA) is 15.7 Å². The molecule has 3 unspecified atom stereocenters. The van der Waals surface area contributed by atoms with Gasteiger partial charge in [-0.05, 0) is 57.0 Å². The minimum Gasteiger partial charge on any atom is -0.463 e. The van der Waals surface area contributed by atoms with Gasteiger partial charge < -0.3 is 14.5 Å². The lowest BCUT2D eigenvalue weighted by molar-refractivity contribution is 0.0484. The number of nitrogens with zero attached hydrogens (tertiary/aromatic N) is 2. The van der Waals surface area contributed by atoms with E-state index in [1.165, 1.54) is 42.7 Å². The Balaban J connectivity index is 1.52. The van der Waals surface area contributed by atoms with Crippen LogP contribution in [-0.2, 0) is 0 Å². The Labute approximate surface area is 158 Å². The first kappa shape index (κ1) is 16.0. The fraction of sp³-hybridized carbons (Fsp3) is 0.500. The molecule has 5 rings (SSSR count). The van der Waals surface area contributed by atoms with Crippen molar-refractivity contribution >= 4 is 28.6 Å². The zero-order valence-electron chi connectivity index (χ0n) is 14.4. The molecule has 1 aromatic carbocycles. The summed E-state index contributed by atoms with van der Waals surface area (Å²) in [6, 6.07) is 14.5. The minimum absolute atomic E-state index is 0.0379. The molecule has 3 aliphatic heterocycles. The van der Waals surface area contributed by atoms with Crippen LogP contribution < -0.4 is 9.64 Å². The number of hydrogen-bond acceptors (Lipinski definition) is 4. The Morgan fingerprint density at radius 1 is 1.04 bits per heavy atom. The highest BCUT2D eigenvalue weighted by atomic mass is 35.5. The quantitative estimate of drug-likeness (QED) is 0.708. The summed E-state index contributed by atoms with van der Waals surface area (Å²) in [6.45, 7) is 0. The standard InChI is InChI=1S/C20H23ClN2OS/c1-22-13-5-4-6-14(22)12-15(11-13)23-16-7-2-3-8-17(16)24-20(23)18-9-10-19(21)25-18/h2-3,7-10,13-15,20H,4-6,11-12H2,1H3. The summed E-state index contributed by atoms with van der Waals surface area (Å²) >= 11 is 7.85. The second-order valence-corrected chi connectivity index (χ2v) is 9.26. The Hall–Kier alpha value is -1.23. The lowest BCUT2D eigenvalue weighted by Gasteiger charge is -2.50. The molecule has 0 aliphatic carbocycles. The Bertz CT molecular complexity index is 765. The van der Waals surface area contributed by atoms with E-state index in [-0.39, 0.29) is 6.23 Å². The number of benzene rings is 1. The molecule has 2 bridgehead atoms. The van der Waals surface area contributed by atoms with Gasteiger partial charge in [-0.2, -0.15) is 0 Å². The predicted molar refractivity (Wildman–Crippen MR) is 104 cm³/mol. The normalized spacial score (nSPS) is 31.7. The Morgan fingerprint density at radius 2 is 1.80 bits per heavy atom. The Kier molecular flexibility index (Phi) is 3.95. The van der Waals surface area contributed by atoms with E-state index >= 15 is 0 Å². The van der Waals surface area contributed by atoms with Crippen molar-refractivity contribution in [3.05, 3.63) is 45.6 Å². The van der Waals surface area contributed by atoms with Crippen LogP contribution in [0.25, 0.3) is 0 Å². The molecule has 2 saturated heterocycles. The van der Waals surface area contributed by atoms with Crippen LogP contribution in [0.15, 0.2) is 36.4 Å². The molecule has 1 aromatic heterocycles. The van der Waals surface area contributed by atoms with E-state index in [1.807, 2.05) is 6.07 Å². The molecule has 25 heavy (non-hydrogen) atoms. The largest absolute Gasteiger partial charge is 0.463 e. The summed E-state index contributed by atoms with van der Waals surface area (Å²) in [5, 5.41) is 0. The average molecular weight is 375 g/mol. The van der Waals surface area contributed by atoms with Gasteiger partial charge in [0.1, 0.15) is 5.75 Å². The summed E-state index contributed by atoms with van der Waals surface area (Å²) in [5.74, 6) is 1.00. The molecule has 2 fully saturated rings. The zero-order valence-corrected chi connectivity index (χ0v) is 16.0. The third-order valence-corrected chi connectivity index (χ3v) is 7.44. The number of halogens is 1. The fourth-order valence-electron chi connectivity index (χ4n) is 4.93. The molecule has 2 aromatic rings. The number of hydrogen-bond donors (Lipinski definition) is 0. The van der Waals surface area contributed by atoms with E-state index in [0.717, 1.165) is 10.1 Å². The Morgan fingerprint density at radius 3 is 2.52 bits per heavy atom. The van der Waals surface area contributed by atoms with Crippen molar-refractivity contribution in [2.24, 2.45) is 0 Å². The zero-order chi connectivity index (χ0) is 17.0. The van der Waals surface area contributed by atoms with Crippen molar-refractivity contribution in [1.82, 2.24) is 4.90 Å². The minimum atomic E-state index is -0.0379. The number of thiophene rings is 1. The van der Waals surface area contributed by atoms with Gasteiger partial charge in [0.25, 0.3) is 0 Å². The van der Waals surface area contributed by atoms with Gasteiger partial charge >= 0.3 is 0 Å². The maximum atomic E-state index is 6.39. The van der Waals surface area contributed by atoms with E-state index in [0.29, 0.717) is 18.1 Å². The molecule has 0 radical (unpaired) electrons. The highest BCUT2D eigenvalue weighted by Gasteiger charge is 2.44. The van der Waals surface area contributed by atoms with Crippen molar-refractivity contribution in [3.63, 3.8) is 0 Å². The molecule has 0 N–H and O–H groups in total. The lowest BCUT2D eigenvalue weighted by Crippen LogP contribution is -2.55. The first-order chi connectivity index (χ1) is 12.2. The summed E-state index contributed by atoms with van der Waals surface area (Å²) in [4.78, 5) is 6.36. The van der Waals surface area contributed by atoms with Gasteiger partial charge in [0.15, 0.2) is 0 Å². The summed E-state index contributed by atoms with van der Waals surface area (Å²) < 4.78 is 7.21. The first-order valence-corrected chi connectivity index (χ1v) is 10.4. The van der Waals surface area contributed by atoms with E-state index in [9.17, 15) is 0 Å². The second kappa shape index (κ2) is 6.19. The molecule has 4 heterocycles. The molecular weight excluding hydrogens is 352 g/mol. The molecule has 132 valence electrons. The van der Waals surface area contributed by atoms with Crippen LogP contribution in [0.4, 0.5) is 5.69 Å². The van der Waals surface area contributed by atoms with Crippen LogP contribution in [-0.4, -0.2) is 30.1 Å². The molecule has 3 nitrogen and oxygen atoms in total. The number of piperidine rings is 2. The number of para-hydroxylation sites is 2. The van der Waals surface area contributed by atoms with Crippen LogP contribution in [0.1, 0.15) is 43.2 Å². The molecule has 3 atom stereocenters. The van der Waals surface area contributed by atoms with Crippen LogP contribution in [0.3, 0.4) is 0 Å². The molecule has 0 spiro atoms. The number of fused-ring (bicyclic) bond motifs is 3. The fourth-order valence-corrected chi connectivity index (χ4v) is 6.02. The predicted octanol–water partition coefficient (Wildman–Crippen LogP) is 5.31. The number of rotatable bonds is 2. The van der Waals surface area contributed by atoms with Crippen LogP contribution in [0.5, 0.6) is 5.75 Å². The van der Waals surface area contributed by atoms with Crippen molar-refractivity contribution in [2.75, 3.05) is 11.9 Å². The molecule has 3 aliphatic rings. The molecular formula is C20H23ClN2OS. The van der Waals surface area contributed by atoms with Crippen LogP contribution in [0.2, 0.25) is 4.34 Å². The third kappa shape index (κ3) is 2.66. The molecule has 0 saturated carbocycles. The number of anilines is 1. The lowest BCUT2D eigenvalue weighted by atomic mass is 9.81. The maximum Gasteiger partial charge on any atom is 0.208 e. The van der Waals surface area contributed by atoms with Crippen molar-refractivity contribution in [2.45, 2.75) is 56.5 Å². The molecule has 0 amide bonds. The summed E-state index contributed by atoms with van der Waals surface area (Å²) in [7, 11) is 2.32. The monoisotopic (exact) mass is 374 g/mol. The van der Waals surface area contributed by atoms with Gasteiger partial charge in [0, 0.05) is 18.1 Å². The van der Waals surface area contributed by atoms with Crippen LogP contribution >= 0.6 is 22.9 Å². The average Bonchev–Trinajstić information content (AvgIpc) is 3.18. The van der Waals surface area contributed by atoms with E-state index in [1.54, 1.807) is 11.3 Å². The smallest absolute Gasteiger partial charge is 0.208 e. The first-order valence-electron chi connectivity index (χ1n) is 9.22. The van der Waals surface area contributed by atoms with Crippen molar-refractivity contribution in [3.8, 4) is 5.75 Å². The van der Waals surface area contributed by atoms with Gasteiger partial charge in [-0.15, -0.1) is 11.3 Å². The van der Waals surface area contributed by atoms with Crippen LogP contribution in [0, 0.1) is 0 Å². The summed E-state index contributed by atoms with van der Waals surface area (Å²) in [6.07, 6.45) is 6.44. The van der Waals surface area contributed by atoms with Gasteiger partial charge in [-0.25, -0.2) is 0 Å². The maximum absolute atomic E-state index is 6.39. The summed E-state index contributed by atoms with van der Waals surface area (Å²) in [5.41, 5.74) is 1.24. The highest BCUT2D eigenvalue weighted by Crippen LogP contribution is 2.49. The van der Waals surface area contributed by atoms with E-state index in [2.05, 4.69) is 47.2 Å². The molecule has 5 heteroatoms.